The van der Waals surface area contributed by atoms with Gasteiger partial charge in [-0.2, -0.15) is 0 Å². The van der Waals surface area contributed by atoms with Crippen molar-refractivity contribution < 1.29 is 22.4 Å². The number of carbonyl (C=O) groups is 1. The minimum atomic E-state index is -3.85. The molecule has 1 heterocycles. The van der Waals surface area contributed by atoms with E-state index in [9.17, 15) is 18.0 Å². The normalized spacial score (nSPS) is 12.6. The van der Waals surface area contributed by atoms with Crippen molar-refractivity contribution in [2.45, 2.75) is 64.3 Å². The topological polar surface area (TPSA) is 103 Å². The van der Waals surface area contributed by atoms with Gasteiger partial charge in [0, 0.05) is 12.5 Å². The molecule has 0 aliphatic heterocycles. The number of nitrogens with one attached hydrogen (secondary N) is 1. The van der Waals surface area contributed by atoms with Crippen molar-refractivity contribution in [1.82, 2.24) is 4.72 Å². The Morgan fingerprint density at radius 1 is 1.06 bits per heavy atom. The maximum Gasteiger partial charge on any atom is 0.311 e. The maximum absolute atomic E-state index is 13.4. The number of aryl methyl sites for hydroxylation is 2. The standard InChI is InChI=1S/C25H29NO6S/c1-5-7-21(26-33(29,30)19-12-9-16(3)10-13-19)24-17(4)31-22-15-18(32-23(27)8-6-2)11-14-20(22)25(24)28/h9-15,21,26H,5-8H2,1-4H3. The van der Waals surface area contributed by atoms with Crippen molar-refractivity contribution in [2.75, 3.05) is 0 Å². The van der Waals surface area contributed by atoms with E-state index in [4.69, 9.17) is 9.15 Å². The minimum absolute atomic E-state index is 0.135. The number of ether oxygens (including phenoxy) is 1. The highest BCUT2D eigenvalue weighted by Gasteiger charge is 2.26. The summed E-state index contributed by atoms with van der Waals surface area (Å²) in [6, 6.07) is 10.4. The summed E-state index contributed by atoms with van der Waals surface area (Å²) in [6.45, 7) is 7.31. The summed E-state index contributed by atoms with van der Waals surface area (Å²) >= 11 is 0. The van der Waals surface area contributed by atoms with Gasteiger partial charge in [0.25, 0.3) is 0 Å². The lowest BCUT2D eigenvalue weighted by molar-refractivity contribution is -0.134. The summed E-state index contributed by atoms with van der Waals surface area (Å²) in [7, 11) is -3.85. The van der Waals surface area contributed by atoms with Gasteiger partial charge in [0.1, 0.15) is 17.1 Å². The Hall–Kier alpha value is -2.97. The monoisotopic (exact) mass is 471 g/mol. The summed E-state index contributed by atoms with van der Waals surface area (Å²) in [5.41, 5.74) is 1.19. The molecule has 0 saturated heterocycles. The van der Waals surface area contributed by atoms with Crippen LogP contribution in [0.25, 0.3) is 11.0 Å². The highest BCUT2D eigenvalue weighted by molar-refractivity contribution is 7.89. The van der Waals surface area contributed by atoms with E-state index < -0.39 is 16.1 Å². The average molecular weight is 472 g/mol. The lowest BCUT2D eigenvalue weighted by Gasteiger charge is -2.20. The van der Waals surface area contributed by atoms with E-state index in [1.165, 1.54) is 30.3 Å². The van der Waals surface area contributed by atoms with Crippen molar-refractivity contribution in [3.8, 4) is 5.75 Å². The molecule has 0 spiro atoms. The Balaban J connectivity index is 2.01. The molecule has 3 rings (SSSR count). The molecule has 2 aromatic carbocycles. The lowest BCUT2D eigenvalue weighted by Crippen LogP contribution is -2.32. The SMILES string of the molecule is CCCC(=O)Oc1ccc2c(=O)c(C(CCC)NS(=O)(=O)c3ccc(C)cc3)c(C)oc2c1. The number of rotatable bonds is 9. The molecule has 0 bridgehead atoms. The molecule has 0 aliphatic rings. The summed E-state index contributed by atoms with van der Waals surface area (Å²) in [5, 5.41) is 0.293. The molecular formula is C25H29NO6S. The summed E-state index contributed by atoms with van der Waals surface area (Å²) in [4.78, 5) is 25.3. The predicted molar refractivity (Wildman–Crippen MR) is 127 cm³/mol. The fraction of sp³-hybridized carbons (Fsp3) is 0.360. The second kappa shape index (κ2) is 10.3. The van der Waals surface area contributed by atoms with Gasteiger partial charge in [-0.3, -0.25) is 9.59 Å². The van der Waals surface area contributed by atoms with Crippen LogP contribution in [0.3, 0.4) is 0 Å². The molecule has 0 saturated carbocycles. The van der Waals surface area contributed by atoms with Gasteiger partial charge in [0.05, 0.1) is 21.9 Å². The van der Waals surface area contributed by atoms with Crippen molar-refractivity contribution in [3.63, 3.8) is 0 Å². The van der Waals surface area contributed by atoms with E-state index in [0.717, 1.165) is 5.56 Å². The van der Waals surface area contributed by atoms with Gasteiger partial charge in [0.2, 0.25) is 10.0 Å². The van der Waals surface area contributed by atoms with E-state index in [1.807, 2.05) is 20.8 Å². The van der Waals surface area contributed by atoms with Gasteiger partial charge in [-0.1, -0.05) is 38.0 Å². The van der Waals surface area contributed by atoms with Crippen LogP contribution in [0, 0.1) is 13.8 Å². The molecule has 1 aromatic heterocycles. The zero-order valence-electron chi connectivity index (χ0n) is 19.3. The molecular weight excluding hydrogens is 442 g/mol. The summed E-state index contributed by atoms with van der Waals surface area (Å²) in [5.74, 6) is 0.247. The Kier molecular flexibility index (Phi) is 7.71. The van der Waals surface area contributed by atoms with Gasteiger partial charge >= 0.3 is 5.97 Å². The van der Waals surface area contributed by atoms with Gasteiger partial charge in [-0.25, -0.2) is 13.1 Å². The predicted octanol–water partition coefficient (Wildman–Crippen LogP) is 4.94. The fourth-order valence-corrected chi connectivity index (χ4v) is 4.92. The largest absolute Gasteiger partial charge is 0.461 e. The number of hydrogen-bond donors (Lipinski definition) is 1. The number of fused-ring (bicyclic) bond motifs is 1. The second-order valence-corrected chi connectivity index (χ2v) is 9.77. The van der Waals surface area contributed by atoms with E-state index in [-0.39, 0.29) is 27.4 Å². The third kappa shape index (κ3) is 5.69. The molecule has 176 valence electrons. The Bertz CT molecular complexity index is 1310. The zero-order valence-corrected chi connectivity index (χ0v) is 20.1. The maximum atomic E-state index is 13.4. The first-order chi connectivity index (χ1) is 15.7. The van der Waals surface area contributed by atoms with E-state index in [1.54, 1.807) is 19.1 Å². The molecule has 0 amide bonds. The van der Waals surface area contributed by atoms with Crippen molar-refractivity contribution >= 4 is 27.0 Å². The quantitative estimate of drug-likeness (QED) is 0.350. The van der Waals surface area contributed by atoms with E-state index in [2.05, 4.69) is 4.72 Å². The number of sulfonamides is 1. The minimum Gasteiger partial charge on any atom is -0.461 e. The van der Waals surface area contributed by atoms with Gasteiger partial charge < -0.3 is 9.15 Å². The Morgan fingerprint density at radius 3 is 2.39 bits per heavy atom. The fourth-order valence-electron chi connectivity index (χ4n) is 3.68. The molecule has 8 heteroatoms. The molecule has 1 unspecified atom stereocenters. The van der Waals surface area contributed by atoms with Crippen LogP contribution in [0.5, 0.6) is 5.75 Å². The van der Waals surface area contributed by atoms with Crippen LogP contribution in [0.15, 0.2) is 56.6 Å². The zero-order chi connectivity index (χ0) is 24.2. The molecule has 0 aliphatic carbocycles. The van der Waals surface area contributed by atoms with Crippen molar-refractivity contribution in [2.24, 2.45) is 0 Å². The molecule has 1 N–H and O–H groups in total. The average Bonchev–Trinajstić information content (AvgIpc) is 2.74. The van der Waals surface area contributed by atoms with E-state index >= 15 is 0 Å². The first kappa shape index (κ1) is 24.7. The second-order valence-electron chi connectivity index (χ2n) is 8.06. The van der Waals surface area contributed by atoms with Crippen LogP contribution >= 0.6 is 0 Å². The third-order valence-electron chi connectivity index (χ3n) is 5.32. The Morgan fingerprint density at radius 2 is 1.76 bits per heavy atom. The third-order valence-corrected chi connectivity index (χ3v) is 6.81. The number of esters is 1. The Labute approximate surface area is 193 Å². The summed E-state index contributed by atoms with van der Waals surface area (Å²) in [6.07, 6.45) is 2.04. The number of carbonyl (C=O) groups excluding carboxylic acids is 1. The van der Waals surface area contributed by atoms with Crippen LogP contribution in [-0.2, 0) is 14.8 Å². The first-order valence-electron chi connectivity index (χ1n) is 11.0. The highest BCUT2D eigenvalue weighted by atomic mass is 32.2. The smallest absolute Gasteiger partial charge is 0.311 e. The first-order valence-corrected chi connectivity index (χ1v) is 12.5. The molecule has 0 fully saturated rings. The molecule has 7 nitrogen and oxygen atoms in total. The van der Waals surface area contributed by atoms with Gasteiger partial charge in [-0.15, -0.1) is 0 Å². The molecule has 0 radical (unpaired) electrons. The molecule has 1 atom stereocenters. The van der Waals surface area contributed by atoms with E-state index in [0.29, 0.717) is 42.6 Å². The number of benzene rings is 2. The van der Waals surface area contributed by atoms with Gasteiger partial charge in [0.15, 0.2) is 5.43 Å². The van der Waals surface area contributed by atoms with Crippen LogP contribution in [0.1, 0.15) is 62.5 Å². The number of hydrogen-bond acceptors (Lipinski definition) is 6. The molecule has 3 aromatic rings. The van der Waals surface area contributed by atoms with Gasteiger partial charge in [-0.05, 0) is 51.0 Å². The van der Waals surface area contributed by atoms with Crippen LogP contribution < -0.4 is 14.9 Å². The van der Waals surface area contributed by atoms with Crippen LogP contribution in [0.2, 0.25) is 0 Å². The van der Waals surface area contributed by atoms with Crippen LogP contribution in [0.4, 0.5) is 0 Å². The van der Waals surface area contributed by atoms with Crippen molar-refractivity contribution in [1.29, 1.82) is 0 Å². The van der Waals surface area contributed by atoms with Crippen LogP contribution in [-0.4, -0.2) is 14.4 Å². The molecule has 33 heavy (non-hydrogen) atoms. The van der Waals surface area contributed by atoms with Crippen molar-refractivity contribution in [3.05, 3.63) is 69.6 Å². The summed E-state index contributed by atoms with van der Waals surface area (Å²) < 4.78 is 39.9. The lowest BCUT2D eigenvalue weighted by atomic mass is 10.0. The highest BCUT2D eigenvalue weighted by Crippen LogP contribution is 2.27.